The van der Waals surface area contributed by atoms with Crippen molar-refractivity contribution in [1.29, 1.82) is 0 Å². The molecule has 0 amide bonds. The Morgan fingerprint density at radius 2 is 1.28 bits per heavy atom. The molecular weight excluding hydrogens is 717 g/mol. The first kappa shape index (κ1) is 34.6. The van der Waals surface area contributed by atoms with Gasteiger partial charge in [0.1, 0.15) is 17.8 Å². The van der Waals surface area contributed by atoms with E-state index >= 15 is 0 Å². The number of nitrogens with zero attached hydrogens (tertiary/aromatic N) is 4. The van der Waals surface area contributed by atoms with Gasteiger partial charge >= 0.3 is 0 Å². The molecular formula is C51H38N4OS. The fourth-order valence-electron chi connectivity index (χ4n) is 7.89. The number of hydrogen-bond acceptors (Lipinski definition) is 4. The Kier molecular flexibility index (Phi) is 8.89. The molecule has 0 unspecified atom stereocenters. The SMILES string of the molecule is CC(C)Cc1cccc2c1sc1c(-c3cccc(Oc4cccc(-n5[c-][n+](-c6c(-c7ccccc7)cccc6-c6ccccc6)c6ccccc65)c4)c3)ncnc12. The lowest BCUT2D eigenvalue weighted by molar-refractivity contribution is -0.571. The Balaban J connectivity index is 1.04. The highest BCUT2D eigenvalue weighted by atomic mass is 32.1. The minimum atomic E-state index is 0.567. The quantitative estimate of drug-likeness (QED) is 0.109. The lowest BCUT2D eigenvalue weighted by atomic mass is 9.95. The standard InChI is InChI=1S/C51H38N4OS/c1-34(2)29-38-20-12-26-44-48-51(57-50(38)44)47(52-32-53-48)37-19-11-22-40(30-37)56-41-23-13-21-39(31-41)54-33-55(46-28-10-9-27-45(46)54)49-42(35-15-5-3-6-16-35)24-14-25-43(49)36-17-7-4-8-18-36/h3-28,30-32,34H,29H2,1-2H3. The second-order valence-corrected chi connectivity index (χ2v) is 15.7. The van der Waals surface area contributed by atoms with Gasteiger partial charge in [-0.05, 0) is 70.5 Å². The molecule has 0 saturated heterocycles. The molecule has 0 saturated carbocycles. The molecule has 0 aliphatic rings. The van der Waals surface area contributed by atoms with E-state index < -0.39 is 0 Å². The number of fused-ring (bicyclic) bond motifs is 4. The van der Waals surface area contributed by atoms with Gasteiger partial charge < -0.3 is 4.74 Å². The number of imidazole rings is 1. The van der Waals surface area contributed by atoms with Crippen LogP contribution in [0.25, 0.3) is 76.2 Å². The lowest BCUT2D eigenvalue weighted by Crippen LogP contribution is -2.31. The van der Waals surface area contributed by atoms with Crippen molar-refractivity contribution in [3.05, 3.63) is 188 Å². The number of aromatic nitrogens is 4. The molecule has 10 rings (SSSR count). The lowest BCUT2D eigenvalue weighted by Gasteiger charge is -2.17. The molecule has 3 heterocycles. The number of hydrogen-bond donors (Lipinski definition) is 0. The summed E-state index contributed by atoms with van der Waals surface area (Å²) >= 11 is 1.79. The Hall–Kier alpha value is -6.89. The minimum Gasteiger partial charge on any atom is -0.458 e. The van der Waals surface area contributed by atoms with E-state index in [0.717, 1.165) is 84.1 Å². The van der Waals surface area contributed by atoms with E-state index in [-0.39, 0.29) is 0 Å². The second kappa shape index (κ2) is 14.6. The Morgan fingerprint density at radius 3 is 2.04 bits per heavy atom. The molecule has 0 bridgehead atoms. The van der Waals surface area contributed by atoms with Gasteiger partial charge in [-0.2, -0.15) is 0 Å². The summed E-state index contributed by atoms with van der Waals surface area (Å²) in [6.45, 7) is 4.53. The first-order valence-electron chi connectivity index (χ1n) is 19.3. The maximum Gasteiger partial charge on any atom is 0.269 e. The molecule has 7 aromatic carbocycles. The van der Waals surface area contributed by atoms with Gasteiger partial charge in [0.15, 0.2) is 0 Å². The second-order valence-electron chi connectivity index (χ2n) is 14.7. The van der Waals surface area contributed by atoms with E-state index in [0.29, 0.717) is 5.92 Å². The van der Waals surface area contributed by atoms with E-state index in [2.05, 4.69) is 175 Å². The summed E-state index contributed by atoms with van der Waals surface area (Å²) in [5.41, 5.74) is 12.9. The zero-order valence-electron chi connectivity index (χ0n) is 31.6. The normalized spacial score (nSPS) is 11.6. The van der Waals surface area contributed by atoms with E-state index in [1.54, 1.807) is 17.7 Å². The number of para-hydroxylation sites is 3. The monoisotopic (exact) mass is 754 g/mol. The van der Waals surface area contributed by atoms with Crippen molar-refractivity contribution in [2.45, 2.75) is 20.3 Å². The van der Waals surface area contributed by atoms with Crippen molar-refractivity contribution < 1.29 is 9.30 Å². The minimum absolute atomic E-state index is 0.567. The van der Waals surface area contributed by atoms with Crippen LogP contribution < -0.4 is 9.30 Å². The molecule has 3 aromatic heterocycles. The van der Waals surface area contributed by atoms with Crippen LogP contribution in [0.5, 0.6) is 11.5 Å². The molecule has 274 valence electrons. The summed E-state index contributed by atoms with van der Waals surface area (Å²) in [5, 5.41) is 1.19. The maximum atomic E-state index is 6.62. The molecule has 0 atom stereocenters. The highest BCUT2D eigenvalue weighted by Gasteiger charge is 2.20. The predicted octanol–water partition coefficient (Wildman–Crippen LogP) is 12.9. The van der Waals surface area contributed by atoms with E-state index in [9.17, 15) is 0 Å². The van der Waals surface area contributed by atoms with Crippen LogP contribution in [0.3, 0.4) is 0 Å². The smallest absolute Gasteiger partial charge is 0.269 e. The summed E-state index contributed by atoms with van der Waals surface area (Å²) in [6.07, 6.45) is 6.48. The van der Waals surface area contributed by atoms with Gasteiger partial charge in [-0.15, -0.1) is 11.3 Å². The summed E-state index contributed by atoms with van der Waals surface area (Å²) < 4.78 is 13.3. The first-order chi connectivity index (χ1) is 28.1. The molecule has 0 fully saturated rings. The summed E-state index contributed by atoms with van der Waals surface area (Å²) in [7, 11) is 0. The van der Waals surface area contributed by atoms with Crippen molar-refractivity contribution in [3.8, 4) is 56.4 Å². The molecule has 5 nitrogen and oxygen atoms in total. The largest absolute Gasteiger partial charge is 0.458 e. The van der Waals surface area contributed by atoms with Gasteiger partial charge in [-0.25, -0.2) is 9.97 Å². The van der Waals surface area contributed by atoms with E-state index in [4.69, 9.17) is 14.7 Å². The van der Waals surface area contributed by atoms with Gasteiger partial charge in [0.05, 0.1) is 38.3 Å². The van der Waals surface area contributed by atoms with Crippen molar-refractivity contribution in [3.63, 3.8) is 0 Å². The number of thiophene rings is 1. The highest BCUT2D eigenvalue weighted by molar-refractivity contribution is 7.26. The highest BCUT2D eigenvalue weighted by Crippen LogP contribution is 2.41. The zero-order chi connectivity index (χ0) is 38.3. The summed E-state index contributed by atoms with van der Waals surface area (Å²) in [6, 6.07) is 59.2. The number of benzene rings is 7. The van der Waals surface area contributed by atoms with Gasteiger partial charge in [-0.1, -0.05) is 153 Å². The van der Waals surface area contributed by atoms with Gasteiger partial charge in [0.25, 0.3) is 6.33 Å². The zero-order valence-corrected chi connectivity index (χ0v) is 32.4. The molecule has 0 spiro atoms. The van der Waals surface area contributed by atoms with Gasteiger partial charge in [0, 0.05) is 15.6 Å². The van der Waals surface area contributed by atoms with Crippen LogP contribution in [0.1, 0.15) is 19.4 Å². The third-order valence-electron chi connectivity index (χ3n) is 10.4. The fraction of sp³-hybridized carbons (Fsp3) is 0.0784. The van der Waals surface area contributed by atoms with Gasteiger partial charge in [0.2, 0.25) is 0 Å². The average molecular weight is 755 g/mol. The molecule has 0 N–H and O–H groups in total. The van der Waals surface area contributed by atoms with Crippen LogP contribution in [-0.2, 0) is 6.42 Å². The molecule has 6 heteroatoms. The van der Waals surface area contributed by atoms with Crippen molar-refractivity contribution in [2.75, 3.05) is 0 Å². The summed E-state index contributed by atoms with van der Waals surface area (Å²) in [4.78, 5) is 9.55. The van der Waals surface area contributed by atoms with Crippen LogP contribution in [0, 0.1) is 12.2 Å². The molecule has 0 aliphatic carbocycles. The Labute approximate surface area is 335 Å². The van der Waals surface area contributed by atoms with Crippen LogP contribution in [0.15, 0.2) is 176 Å². The first-order valence-corrected chi connectivity index (χ1v) is 20.1. The Bertz CT molecular complexity index is 3000. The molecule has 0 radical (unpaired) electrons. The van der Waals surface area contributed by atoms with Crippen molar-refractivity contribution in [2.24, 2.45) is 5.92 Å². The maximum absolute atomic E-state index is 6.62. The third-order valence-corrected chi connectivity index (χ3v) is 11.7. The van der Waals surface area contributed by atoms with Crippen molar-refractivity contribution >= 4 is 42.7 Å². The number of rotatable bonds is 9. The van der Waals surface area contributed by atoms with Crippen LogP contribution in [0.2, 0.25) is 0 Å². The number of ether oxygens (including phenoxy) is 1. The van der Waals surface area contributed by atoms with Gasteiger partial charge in [-0.3, -0.25) is 9.13 Å². The average Bonchev–Trinajstić information content (AvgIpc) is 3.84. The third kappa shape index (κ3) is 6.44. The van der Waals surface area contributed by atoms with Crippen LogP contribution in [-0.4, -0.2) is 14.5 Å². The fourth-order valence-corrected chi connectivity index (χ4v) is 9.18. The van der Waals surface area contributed by atoms with Crippen LogP contribution in [0.4, 0.5) is 0 Å². The molecule has 57 heavy (non-hydrogen) atoms. The predicted molar refractivity (Wildman–Crippen MR) is 233 cm³/mol. The molecule has 10 aromatic rings. The van der Waals surface area contributed by atoms with Crippen LogP contribution >= 0.6 is 11.3 Å². The van der Waals surface area contributed by atoms with E-state index in [1.165, 1.54) is 15.6 Å². The Morgan fingerprint density at radius 1 is 0.632 bits per heavy atom. The molecule has 0 aliphatic heterocycles. The van der Waals surface area contributed by atoms with E-state index in [1.807, 2.05) is 24.3 Å². The topological polar surface area (TPSA) is 43.8 Å². The van der Waals surface area contributed by atoms with Crippen molar-refractivity contribution in [1.82, 2.24) is 14.5 Å². The summed E-state index contributed by atoms with van der Waals surface area (Å²) in [5.74, 6) is 2.03.